The van der Waals surface area contributed by atoms with Crippen molar-refractivity contribution in [1.29, 1.82) is 0 Å². The first-order valence-corrected chi connectivity index (χ1v) is 23.2. The van der Waals surface area contributed by atoms with Crippen LogP contribution in [0.3, 0.4) is 0 Å². The smallest absolute Gasteiger partial charge is 0.440 e. The van der Waals surface area contributed by atoms with Gasteiger partial charge in [0.1, 0.15) is 5.60 Å². The molecule has 0 saturated carbocycles. The number of anilines is 1. The number of carbonyl (C=O) groups is 4. The van der Waals surface area contributed by atoms with E-state index < -0.39 is 67.6 Å². The summed E-state index contributed by atoms with van der Waals surface area (Å²) in [5.74, 6) is -2.50. The van der Waals surface area contributed by atoms with Gasteiger partial charge in [0.25, 0.3) is 5.60 Å². The predicted molar refractivity (Wildman–Crippen MR) is 224 cm³/mol. The SMILES string of the molecule is CCOC(=O)C(Cc1ccc(C(=O)OC)cc1)(OC[C@@H]1C[C@@H](O[Si](C)(C)C(C)(C)C)[C@H](n2cnc3c(N(OC(C)(C)C)C(=O)OC(C)(C)C)nc(Cl)nc32)O1)C(=O)OCC. The Bertz CT molecular complexity index is 1990. The molecule has 60 heavy (non-hydrogen) atoms. The van der Waals surface area contributed by atoms with Gasteiger partial charge in [-0.15, -0.1) is 5.06 Å². The van der Waals surface area contributed by atoms with Crippen LogP contribution in [0.5, 0.6) is 0 Å². The van der Waals surface area contributed by atoms with Crippen molar-refractivity contribution in [2.75, 3.05) is 32.0 Å². The van der Waals surface area contributed by atoms with Gasteiger partial charge < -0.3 is 32.8 Å². The summed E-state index contributed by atoms with van der Waals surface area (Å²) >= 11 is 6.56. The average Bonchev–Trinajstić information content (AvgIpc) is 3.73. The molecule has 2 aromatic heterocycles. The Labute approximate surface area is 357 Å². The first kappa shape index (κ1) is 48.5. The molecule has 0 bridgehead atoms. The predicted octanol–water partition coefficient (Wildman–Crippen LogP) is 7.54. The summed E-state index contributed by atoms with van der Waals surface area (Å²) in [6, 6.07) is 6.23. The summed E-state index contributed by atoms with van der Waals surface area (Å²) in [6.45, 7) is 23.9. The number of imidazole rings is 1. The van der Waals surface area contributed by atoms with Crippen LogP contribution < -0.4 is 5.06 Å². The Hall–Kier alpha value is -4.20. The molecule has 19 heteroatoms. The second kappa shape index (κ2) is 18.8. The van der Waals surface area contributed by atoms with E-state index >= 15 is 0 Å². The quantitative estimate of drug-likeness (QED) is 0.0363. The fourth-order valence-corrected chi connectivity index (χ4v) is 7.45. The monoisotopic (exact) mass is 877 g/mol. The van der Waals surface area contributed by atoms with E-state index in [9.17, 15) is 19.2 Å². The van der Waals surface area contributed by atoms with Gasteiger partial charge in [0.05, 0.1) is 56.6 Å². The van der Waals surface area contributed by atoms with Crippen LogP contribution in [0.25, 0.3) is 11.2 Å². The highest BCUT2D eigenvalue weighted by molar-refractivity contribution is 6.74. The van der Waals surface area contributed by atoms with Crippen molar-refractivity contribution < 1.29 is 56.9 Å². The molecule has 1 fully saturated rings. The summed E-state index contributed by atoms with van der Waals surface area (Å²) in [6.07, 6.45) is -1.64. The third-order valence-corrected chi connectivity index (χ3v) is 14.4. The minimum absolute atomic E-state index is 0.0404. The van der Waals surface area contributed by atoms with E-state index in [1.165, 1.54) is 25.6 Å². The highest BCUT2D eigenvalue weighted by atomic mass is 35.5. The number of ether oxygens (including phenoxy) is 6. The maximum atomic E-state index is 13.8. The third kappa shape index (κ3) is 11.6. The van der Waals surface area contributed by atoms with E-state index in [0.29, 0.717) is 5.56 Å². The van der Waals surface area contributed by atoms with Crippen molar-refractivity contribution in [3.63, 3.8) is 0 Å². The Morgan fingerprint density at radius 1 is 0.917 bits per heavy atom. The molecule has 1 saturated heterocycles. The zero-order valence-corrected chi connectivity index (χ0v) is 38.9. The molecular weight excluding hydrogens is 818 g/mol. The number of esters is 3. The highest BCUT2D eigenvalue weighted by Gasteiger charge is 2.53. The lowest BCUT2D eigenvalue weighted by molar-refractivity contribution is -0.195. The molecule has 3 atom stereocenters. The van der Waals surface area contributed by atoms with Gasteiger partial charge in [-0.25, -0.2) is 24.2 Å². The molecule has 17 nitrogen and oxygen atoms in total. The summed E-state index contributed by atoms with van der Waals surface area (Å²) in [4.78, 5) is 73.0. The number of aromatic nitrogens is 4. The van der Waals surface area contributed by atoms with Crippen LogP contribution in [0.1, 0.15) is 105 Å². The number of fused-ring (bicyclic) bond motifs is 1. The van der Waals surface area contributed by atoms with Gasteiger partial charge >= 0.3 is 24.0 Å². The summed E-state index contributed by atoms with van der Waals surface area (Å²) in [5, 5.41) is 0.506. The van der Waals surface area contributed by atoms with Gasteiger partial charge in [0.2, 0.25) is 5.28 Å². The highest BCUT2D eigenvalue weighted by Crippen LogP contribution is 2.43. The van der Waals surface area contributed by atoms with E-state index in [4.69, 9.17) is 49.3 Å². The molecule has 0 aliphatic carbocycles. The maximum Gasteiger partial charge on any atom is 0.440 e. The van der Waals surface area contributed by atoms with E-state index in [1.807, 2.05) is 0 Å². The third-order valence-electron chi connectivity index (χ3n) is 9.72. The fourth-order valence-electron chi connectivity index (χ4n) is 5.97. The largest absolute Gasteiger partial charge is 0.465 e. The van der Waals surface area contributed by atoms with Crippen molar-refractivity contribution in [2.24, 2.45) is 0 Å². The number of hydrogen-bond donors (Lipinski definition) is 0. The second-order valence-electron chi connectivity index (χ2n) is 17.9. The van der Waals surface area contributed by atoms with Gasteiger partial charge in [-0.2, -0.15) is 9.97 Å². The van der Waals surface area contributed by atoms with Crippen LogP contribution in [0, 0.1) is 0 Å². The lowest BCUT2D eigenvalue weighted by Crippen LogP contribution is -2.54. The number of hydrogen-bond acceptors (Lipinski definition) is 15. The molecule has 0 radical (unpaired) electrons. The summed E-state index contributed by atoms with van der Waals surface area (Å²) < 4.78 is 43.0. The van der Waals surface area contributed by atoms with Crippen LogP contribution in [0.2, 0.25) is 23.4 Å². The number of rotatable bonds is 15. The molecule has 1 amide bonds. The fraction of sp³-hybridized carbons (Fsp3) is 0.634. The van der Waals surface area contributed by atoms with E-state index in [0.717, 1.165) is 5.06 Å². The maximum absolute atomic E-state index is 13.8. The Morgan fingerprint density at radius 3 is 2.03 bits per heavy atom. The first-order valence-electron chi connectivity index (χ1n) is 19.9. The molecule has 1 aliphatic rings. The van der Waals surface area contributed by atoms with Gasteiger partial charge in [-0.1, -0.05) is 32.9 Å². The number of nitrogens with zero attached hydrogens (tertiary/aromatic N) is 5. The lowest BCUT2D eigenvalue weighted by Gasteiger charge is -2.39. The topological polar surface area (TPSA) is 189 Å². The van der Waals surface area contributed by atoms with Crippen LogP contribution in [0.4, 0.5) is 10.6 Å². The molecule has 3 aromatic rings. The van der Waals surface area contributed by atoms with Crippen molar-refractivity contribution in [3.05, 3.63) is 47.0 Å². The van der Waals surface area contributed by atoms with Crippen LogP contribution in [-0.4, -0.2) is 108 Å². The number of hydroxylamine groups is 1. The Balaban J connectivity index is 1.79. The normalized spacial score (nSPS) is 17.7. The molecule has 0 spiro atoms. The summed E-state index contributed by atoms with van der Waals surface area (Å²) in [5.41, 5.74) is -2.86. The van der Waals surface area contributed by atoms with E-state index in [-0.39, 0.29) is 65.5 Å². The molecule has 0 N–H and O–H groups in total. The Kier molecular flexibility index (Phi) is 15.2. The number of carbonyl (C=O) groups excluding carboxylic acids is 4. The average molecular weight is 878 g/mol. The molecular formula is C41H60ClN5O12Si. The van der Waals surface area contributed by atoms with Crippen molar-refractivity contribution in [2.45, 2.75) is 142 Å². The minimum atomic E-state index is -2.49. The molecule has 4 rings (SSSR count). The van der Waals surface area contributed by atoms with Crippen LogP contribution in [0.15, 0.2) is 30.6 Å². The lowest BCUT2D eigenvalue weighted by atomic mass is 9.93. The number of amides is 1. The van der Waals surface area contributed by atoms with Gasteiger partial charge in [0, 0.05) is 12.8 Å². The molecule has 1 aliphatic heterocycles. The second-order valence-corrected chi connectivity index (χ2v) is 23.0. The Morgan fingerprint density at radius 2 is 1.52 bits per heavy atom. The zero-order valence-electron chi connectivity index (χ0n) is 37.2. The van der Waals surface area contributed by atoms with Crippen molar-refractivity contribution in [3.8, 4) is 0 Å². The molecule has 1 aromatic carbocycles. The van der Waals surface area contributed by atoms with Gasteiger partial charge in [-0.3, -0.25) is 9.40 Å². The minimum Gasteiger partial charge on any atom is -0.465 e. The van der Waals surface area contributed by atoms with Crippen molar-refractivity contribution >= 4 is 60.9 Å². The summed E-state index contributed by atoms with van der Waals surface area (Å²) in [7, 11) is -1.22. The van der Waals surface area contributed by atoms with Crippen molar-refractivity contribution in [1.82, 2.24) is 19.5 Å². The number of benzene rings is 1. The first-order chi connectivity index (χ1) is 27.8. The standard InChI is InChI=1S/C41H60ClN5O12Si/c1-15-53-34(49)41(35(50)54-16-2,22-25-17-19-26(20-18-25)33(48)52-12)55-23-27-21-28(58-60(13,14)40(9,10)11)32(56-27)46-24-43-29-30(46)44-36(42)45-31(29)47(59-39(6,7)8)37(51)57-38(3,4)5/h17-20,24,27-28,32H,15-16,21-23H2,1-14H3/t27-,28+,32+/m0/s1. The van der Waals surface area contributed by atoms with E-state index in [1.54, 1.807) is 72.1 Å². The van der Waals surface area contributed by atoms with Gasteiger partial charge in [0.15, 0.2) is 31.5 Å². The van der Waals surface area contributed by atoms with Crippen LogP contribution in [-0.2, 0) is 53.7 Å². The zero-order chi connectivity index (χ0) is 45.0. The molecule has 0 unspecified atom stereocenters. The van der Waals surface area contributed by atoms with Gasteiger partial charge in [-0.05, 0) is 103 Å². The van der Waals surface area contributed by atoms with E-state index in [2.05, 4.69) is 48.8 Å². The van der Waals surface area contributed by atoms with Crippen LogP contribution >= 0.6 is 11.6 Å². The number of halogens is 1. The number of methoxy groups -OCH3 is 1. The molecule has 3 heterocycles. The molecule has 332 valence electrons.